The molecule has 0 fully saturated rings. The third-order valence-electron chi connectivity index (χ3n) is 5.12. The molecule has 1 aromatic carbocycles. The van der Waals surface area contributed by atoms with E-state index in [-0.39, 0.29) is 12.6 Å². The van der Waals surface area contributed by atoms with Crippen molar-refractivity contribution in [3.63, 3.8) is 0 Å². The van der Waals surface area contributed by atoms with Crippen LogP contribution in [0.2, 0.25) is 0 Å². The molecule has 0 unspecified atom stereocenters. The third-order valence-corrected chi connectivity index (χ3v) is 5.12. The Kier molecular flexibility index (Phi) is 5.03. The van der Waals surface area contributed by atoms with Gasteiger partial charge in [-0.3, -0.25) is 0 Å². The molecule has 0 radical (unpaired) electrons. The fourth-order valence-corrected chi connectivity index (χ4v) is 3.51. The molecule has 4 heterocycles. The zero-order valence-corrected chi connectivity index (χ0v) is 17.7. The third kappa shape index (κ3) is 3.66. The summed E-state index contributed by atoms with van der Waals surface area (Å²) in [6.45, 7) is 4.17. The molecule has 0 N–H and O–H groups in total. The average molecular weight is 427 g/mol. The van der Waals surface area contributed by atoms with Gasteiger partial charge in [0.2, 0.25) is 0 Å². The molecule has 0 bridgehead atoms. The Bertz CT molecular complexity index is 1350. The van der Waals surface area contributed by atoms with Crippen LogP contribution >= 0.6 is 0 Å². The van der Waals surface area contributed by atoms with Gasteiger partial charge in [-0.2, -0.15) is 10.2 Å². The highest BCUT2D eigenvalue weighted by atomic mass is 16.5. The molecule has 5 rings (SSSR count). The number of furan rings is 1. The van der Waals surface area contributed by atoms with Gasteiger partial charge in [-0.15, -0.1) is 0 Å². The molecule has 4 aromatic heterocycles. The first-order valence-electron chi connectivity index (χ1n) is 10.3. The van der Waals surface area contributed by atoms with E-state index in [1.165, 1.54) is 0 Å². The standard InChI is InChI=1S/C24H21N5O3/c1-16(2)29-23-20(14-26-29)19(13-21(27-23)22-5-3-12-31-22)24(30)32-15-17-6-8-18(9-7-17)28-11-4-10-25-28/h3-14,16H,15H2,1-2H3. The van der Waals surface area contributed by atoms with Crippen LogP contribution in [0.3, 0.4) is 0 Å². The summed E-state index contributed by atoms with van der Waals surface area (Å²) in [4.78, 5) is 17.7. The van der Waals surface area contributed by atoms with Gasteiger partial charge < -0.3 is 9.15 Å². The van der Waals surface area contributed by atoms with Crippen molar-refractivity contribution in [3.05, 3.63) is 84.5 Å². The van der Waals surface area contributed by atoms with Crippen LogP contribution in [0.25, 0.3) is 28.2 Å². The minimum absolute atomic E-state index is 0.0871. The van der Waals surface area contributed by atoms with Gasteiger partial charge in [-0.1, -0.05) is 12.1 Å². The van der Waals surface area contributed by atoms with E-state index in [0.29, 0.717) is 28.1 Å². The molecule has 0 aliphatic heterocycles. The van der Waals surface area contributed by atoms with Gasteiger partial charge >= 0.3 is 5.97 Å². The van der Waals surface area contributed by atoms with E-state index in [0.717, 1.165) is 11.3 Å². The molecule has 8 nitrogen and oxygen atoms in total. The lowest BCUT2D eigenvalue weighted by Crippen LogP contribution is -2.08. The Morgan fingerprint density at radius 2 is 1.97 bits per heavy atom. The number of fused-ring (bicyclic) bond motifs is 1. The van der Waals surface area contributed by atoms with Crippen LogP contribution in [-0.2, 0) is 11.3 Å². The van der Waals surface area contributed by atoms with Crippen LogP contribution in [0, 0.1) is 0 Å². The highest BCUT2D eigenvalue weighted by Crippen LogP contribution is 2.27. The fraction of sp³-hybridized carbons (Fsp3) is 0.167. The first-order chi connectivity index (χ1) is 15.6. The molecular weight excluding hydrogens is 406 g/mol. The van der Waals surface area contributed by atoms with Gasteiger partial charge in [-0.25, -0.2) is 19.1 Å². The van der Waals surface area contributed by atoms with Gasteiger partial charge in [0.05, 0.1) is 29.1 Å². The van der Waals surface area contributed by atoms with Crippen molar-refractivity contribution in [3.8, 4) is 17.1 Å². The summed E-state index contributed by atoms with van der Waals surface area (Å²) in [7, 11) is 0. The first-order valence-corrected chi connectivity index (χ1v) is 10.3. The van der Waals surface area contributed by atoms with Crippen LogP contribution in [0.4, 0.5) is 0 Å². The predicted octanol–water partition coefficient (Wildman–Crippen LogP) is 4.81. The van der Waals surface area contributed by atoms with Crippen LogP contribution < -0.4 is 0 Å². The molecule has 5 aromatic rings. The van der Waals surface area contributed by atoms with Crippen molar-refractivity contribution < 1.29 is 13.9 Å². The number of benzene rings is 1. The van der Waals surface area contributed by atoms with Gasteiger partial charge in [0.15, 0.2) is 11.4 Å². The number of nitrogens with zero attached hydrogens (tertiary/aromatic N) is 5. The first kappa shape index (κ1) is 19.7. The molecule has 160 valence electrons. The largest absolute Gasteiger partial charge is 0.463 e. The molecule has 0 atom stereocenters. The van der Waals surface area contributed by atoms with E-state index in [1.54, 1.807) is 46.2 Å². The zero-order valence-electron chi connectivity index (χ0n) is 17.7. The number of carbonyl (C=O) groups excluding carboxylic acids is 1. The molecular formula is C24H21N5O3. The smallest absolute Gasteiger partial charge is 0.339 e. The molecule has 0 saturated carbocycles. The van der Waals surface area contributed by atoms with E-state index >= 15 is 0 Å². The summed E-state index contributed by atoms with van der Waals surface area (Å²) in [5, 5.41) is 9.28. The Morgan fingerprint density at radius 3 is 2.66 bits per heavy atom. The minimum atomic E-state index is -0.440. The van der Waals surface area contributed by atoms with E-state index in [4.69, 9.17) is 9.15 Å². The zero-order chi connectivity index (χ0) is 22.1. The summed E-state index contributed by atoms with van der Waals surface area (Å²) in [5.41, 5.74) is 3.39. The van der Waals surface area contributed by atoms with E-state index < -0.39 is 5.97 Å². The number of carbonyl (C=O) groups is 1. The van der Waals surface area contributed by atoms with Crippen molar-refractivity contribution in [2.24, 2.45) is 0 Å². The maximum Gasteiger partial charge on any atom is 0.339 e. The summed E-state index contributed by atoms with van der Waals surface area (Å²) < 4.78 is 14.7. The van der Waals surface area contributed by atoms with Crippen molar-refractivity contribution in [2.75, 3.05) is 0 Å². The summed E-state index contributed by atoms with van der Waals surface area (Å²) in [5.74, 6) is 0.135. The average Bonchev–Trinajstić information content (AvgIpc) is 3.58. The van der Waals surface area contributed by atoms with Crippen molar-refractivity contribution >= 4 is 17.0 Å². The lowest BCUT2D eigenvalue weighted by molar-refractivity contribution is 0.0475. The number of hydrogen-bond acceptors (Lipinski definition) is 6. The van der Waals surface area contributed by atoms with Crippen molar-refractivity contribution in [1.29, 1.82) is 0 Å². The quantitative estimate of drug-likeness (QED) is 0.361. The Hall–Kier alpha value is -4.20. The number of ether oxygens (including phenoxy) is 1. The topological polar surface area (TPSA) is 88.0 Å². The summed E-state index contributed by atoms with van der Waals surface area (Å²) in [6.07, 6.45) is 6.83. The molecule has 8 heteroatoms. The van der Waals surface area contributed by atoms with E-state index in [9.17, 15) is 4.79 Å². The number of pyridine rings is 1. The highest BCUT2D eigenvalue weighted by molar-refractivity contribution is 6.03. The highest BCUT2D eigenvalue weighted by Gasteiger charge is 2.20. The molecule has 0 aliphatic rings. The number of hydrogen-bond donors (Lipinski definition) is 0. The van der Waals surface area contributed by atoms with Crippen LogP contribution in [0.1, 0.15) is 35.8 Å². The fourth-order valence-electron chi connectivity index (χ4n) is 3.51. The van der Waals surface area contributed by atoms with Crippen molar-refractivity contribution in [1.82, 2.24) is 24.5 Å². The molecule has 32 heavy (non-hydrogen) atoms. The van der Waals surface area contributed by atoms with Gasteiger partial charge in [0.1, 0.15) is 12.3 Å². The maximum absolute atomic E-state index is 13.1. The second-order valence-electron chi connectivity index (χ2n) is 7.65. The lowest BCUT2D eigenvalue weighted by atomic mass is 10.1. The Morgan fingerprint density at radius 1 is 1.12 bits per heavy atom. The number of esters is 1. The van der Waals surface area contributed by atoms with Crippen LogP contribution in [0.15, 0.2) is 77.8 Å². The maximum atomic E-state index is 13.1. The summed E-state index contributed by atoms with van der Waals surface area (Å²) >= 11 is 0. The molecule has 0 spiro atoms. The summed E-state index contributed by atoms with van der Waals surface area (Å²) in [6, 6.07) is 14.9. The van der Waals surface area contributed by atoms with Gasteiger partial charge in [0, 0.05) is 18.4 Å². The Balaban J connectivity index is 1.42. The minimum Gasteiger partial charge on any atom is -0.463 e. The normalized spacial score (nSPS) is 11.3. The lowest BCUT2D eigenvalue weighted by Gasteiger charge is -2.10. The van der Waals surface area contributed by atoms with Gasteiger partial charge in [0.25, 0.3) is 0 Å². The van der Waals surface area contributed by atoms with Crippen LogP contribution in [-0.4, -0.2) is 30.5 Å². The van der Waals surface area contributed by atoms with Gasteiger partial charge in [-0.05, 0) is 55.8 Å². The van der Waals surface area contributed by atoms with Crippen LogP contribution in [0.5, 0.6) is 0 Å². The number of rotatable bonds is 6. The van der Waals surface area contributed by atoms with E-state index in [2.05, 4.69) is 15.2 Å². The molecule has 0 amide bonds. The second kappa shape index (κ2) is 8.14. The van der Waals surface area contributed by atoms with E-state index in [1.807, 2.05) is 50.4 Å². The molecule has 0 aliphatic carbocycles. The molecule has 0 saturated heterocycles. The monoisotopic (exact) mass is 427 g/mol. The Labute approximate surface area is 184 Å². The van der Waals surface area contributed by atoms with Crippen molar-refractivity contribution in [2.45, 2.75) is 26.5 Å². The predicted molar refractivity (Wildman–Crippen MR) is 118 cm³/mol. The second-order valence-corrected chi connectivity index (χ2v) is 7.65. The number of aromatic nitrogens is 5. The SMILES string of the molecule is CC(C)n1ncc2c(C(=O)OCc3ccc(-n4cccn4)cc3)cc(-c3ccco3)nc21.